The van der Waals surface area contributed by atoms with Crippen molar-refractivity contribution in [1.29, 1.82) is 0 Å². The molecule has 0 aromatic rings. The van der Waals surface area contributed by atoms with E-state index >= 15 is 0 Å². The Hall–Kier alpha value is -0.570. The predicted octanol–water partition coefficient (Wildman–Crippen LogP) is 2.80. The van der Waals surface area contributed by atoms with Gasteiger partial charge >= 0.3 is 0 Å². The van der Waals surface area contributed by atoms with Gasteiger partial charge in [-0.3, -0.25) is 4.79 Å². The molecule has 0 aromatic carbocycles. The van der Waals surface area contributed by atoms with Gasteiger partial charge in [0.25, 0.3) is 0 Å². The van der Waals surface area contributed by atoms with Crippen LogP contribution < -0.4 is 5.32 Å². The third-order valence-electron chi connectivity index (χ3n) is 4.72. The minimum atomic E-state index is 0.423. The molecule has 0 spiro atoms. The number of rotatable bonds is 6. The third kappa shape index (κ3) is 4.79. The van der Waals surface area contributed by atoms with Crippen molar-refractivity contribution >= 4 is 5.91 Å². The third-order valence-corrected chi connectivity index (χ3v) is 4.72. The van der Waals surface area contributed by atoms with E-state index in [1.165, 1.54) is 38.5 Å². The quantitative estimate of drug-likeness (QED) is 0.802. The lowest BCUT2D eigenvalue weighted by molar-refractivity contribution is -0.133. The summed E-state index contributed by atoms with van der Waals surface area (Å²) in [5, 5.41) is 3.40. The van der Waals surface area contributed by atoms with E-state index in [2.05, 4.69) is 17.1 Å². The van der Waals surface area contributed by atoms with Crippen LogP contribution in [0.15, 0.2) is 0 Å². The van der Waals surface area contributed by atoms with Crippen LogP contribution in [0.5, 0.6) is 0 Å². The van der Waals surface area contributed by atoms with Crippen molar-refractivity contribution in [3.05, 3.63) is 0 Å². The van der Waals surface area contributed by atoms with Crippen molar-refractivity contribution in [2.75, 3.05) is 26.2 Å². The highest BCUT2D eigenvalue weighted by molar-refractivity contribution is 5.76. The number of hydrogen-bond donors (Lipinski definition) is 1. The molecule has 0 radical (unpaired) electrons. The molecular formula is C16H30N2O. The van der Waals surface area contributed by atoms with Gasteiger partial charge in [-0.15, -0.1) is 0 Å². The van der Waals surface area contributed by atoms with Gasteiger partial charge in [0.05, 0.1) is 0 Å². The second-order valence-corrected chi connectivity index (χ2v) is 6.39. The van der Waals surface area contributed by atoms with Crippen LogP contribution >= 0.6 is 0 Å². The van der Waals surface area contributed by atoms with Gasteiger partial charge in [0.1, 0.15) is 0 Å². The van der Waals surface area contributed by atoms with Crippen LogP contribution in [-0.4, -0.2) is 37.0 Å². The van der Waals surface area contributed by atoms with E-state index in [1.54, 1.807) is 0 Å². The zero-order valence-corrected chi connectivity index (χ0v) is 12.5. The van der Waals surface area contributed by atoms with E-state index in [0.29, 0.717) is 11.8 Å². The summed E-state index contributed by atoms with van der Waals surface area (Å²) < 4.78 is 0. The van der Waals surface area contributed by atoms with Gasteiger partial charge in [0.2, 0.25) is 5.91 Å². The van der Waals surface area contributed by atoms with Crippen molar-refractivity contribution in [2.24, 2.45) is 11.8 Å². The van der Waals surface area contributed by atoms with Gasteiger partial charge < -0.3 is 10.2 Å². The van der Waals surface area contributed by atoms with Gasteiger partial charge in [-0.05, 0) is 57.0 Å². The van der Waals surface area contributed by atoms with Gasteiger partial charge in [-0.1, -0.05) is 19.8 Å². The van der Waals surface area contributed by atoms with E-state index in [0.717, 1.165) is 44.9 Å². The maximum absolute atomic E-state index is 12.5. The first-order valence-electron chi connectivity index (χ1n) is 8.28. The molecule has 19 heavy (non-hydrogen) atoms. The standard InChI is InChI=1S/C16H30N2O/c1-2-11-18(13-15-7-9-17-10-8-15)16(19)12-14-5-3-4-6-14/h14-15,17H,2-13H2,1H3. The normalized spacial score (nSPS) is 21.7. The Kier molecular flexibility index (Phi) is 6.15. The highest BCUT2D eigenvalue weighted by atomic mass is 16.2. The Labute approximate surface area is 118 Å². The number of carbonyl (C=O) groups is 1. The molecule has 0 unspecified atom stereocenters. The van der Waals surface area contributed by atoms with Gasteiger partial charge in [-0.25, -0.2) is 0 Å². The van der Waals surface area contributed by atoms with Gasteiger partial charge in [0, 0.05) is 19.5 Å². The molecule has 0 aromatic heterocycles. The van der Waals surface area contributed by atoms with Crippen LogP contribution in [0.2, 0.25) is 0 Å². The maximum atomic E-state index is 12.5. The Morgan fingerprint density at radius 2 is 1.79 bits per heavy atom. The predicted molar refractivity (Wildman–Crippen MR) is 79.0 cm³/mol. The smallest absolute Gasteiger partial charge is 0.222 e. The van der Waals surface area contributed by atoms with Crippen LogP contribution in [-0.2, 0) is 4.79 Å². The number of hydrogen-bond acceptors (Lipinski definition) is 2. The minimum Gasteiger partial charge on any atom is -0.342 e. The van der Waals surface area contributed by atoms with Crippen LogP contribution in [0.4, 0.5) is 0 Å². The van der Waals surface area contributed by atoms with Crippen molar-refractivity contribution in [3.63, 3.8) is 0 Å². The number of nitrogens with one attached hydrogen (secondary N) is 1. The fraction of sp³-hybridized carbons (Fsp3) is 0.938. The summed E-state index contributed by atoms with van der Waals surface area (Å²) in [6.07, 6.45) is 9.58. The Morgan fingerprint density at radius 3 is 2.42 bits per heavy atom. The first-order valence-corrected chi connectivity index (χ1v) is 8.28. The molecule has 3 nitrogen and oxygen atoms in total. The summed E-state index contributed by atoms with van der Waals surface area (Å²) in [6, 6.07) is 0. The molecule has 1 saturated carbocycles. The number of nitrogens with zero attached hydrogens (tertiary/aromatic N) is 1. The van der Waals surface area contributed by atoms with Crippen molar-refractivity contribution < 1.29 is 4.79 Å². The Morgan fingerprint density at radius 1 is 1.11 bits per heavy atom. The molecule has 2 fully saturated rings. The van der Waals surface area contributed by atoms with Crippen molar-refractivity contribution in [2.45, 2.75) is 58.3 Å². The lowest BCUT2D eigenvalue weighted by Gasteiger charge is -2.30. The Bertz CT molecular complexity index is 268. The largest absolute Gasteiger partial charge is 0.342 e. The van der Waals surface area contributed by atoms with Crippen LogP contribution in [0.1, 0.15) is 58.3 Å². The molecule has 2 rings (SSSR count). The molecule has 1 amide bonds. The molecule has 3 heteroatoms. The average molecular weight is 266 g/mol. The van der Waals surface area contributed by atoms with E-state index in [-0.39, 0.29) is 0 Å². The van der Waals surface area contributed by atoms with Crippen LogP contribution in [0, 0.1) is 11.8 Å². The van der Waals surface area contributed by atoms with Gasteiger partial charge in [0.15, 0.2) is 0 Å². The molecule has 1 aliphatic heterocycles. The zero-order valence-electron chi connectivity index (χ0n) is 12.5. The molecule has 2 aliphatic rings. The van der Waals surface area contributed by atoms with E-state index in [1.807, 2.05) is 0 Å². The van der Waals surface area contributed by atoms with Crippen molar-refractivity contribution in [1.82, 2.24) is 10.2 Å². The van der Waals surface area contributed by atoms with E-state index in [9.17, 15) is 4.79 Å². The summed E-state index contributed by atoms with van der Waals surface area (Å²) in [5.41, 5.74) is 0. The van der Waals surface area contributed by atoms with Crippen LogP contribution in [0.25, 0.3) is 0 Å². The monoisotopic (exact) mass is 266 g/mol. The lowest BCUT2D eigenvalue weighted by Crippen LogP contribution is -2.40. The molecule has 1 aliphatic carbocycles. The van der Waals surface area contributed by atoms with E-state index < -0.39 is 0 Å². The lowest BCUT2D eigenvalue weighted by atomic mass is 9.96. The van der Waals surface area contributed by atoms with E-state index in [4.69, 9.17) is 0 Å². The summed E-state index contributed by atoms with van der Waals surface area (Å²) in [4.78, 5) is 14.6. The molecule has 1 heterocycles. The molecular weight excluding hydrogens is 236 g/mol. The number of piperidine rings is 1. The molecule has 1 saturated heterocycles. The fourth-order valence-corrected chi connectivity index (χ4v) is 3.55. The SMILES string of the molecule is CCCN(CC1CCNCC1)C(=O)CC1CCCC1. The summed E-state index contributed by atoms with van der Waals surface area (Å²) in [6.45, 7) is 6.39. The second kappa shape index (κ2) is 7.88. The fourth-order valence-electron chi connectivity index (χ4n) is 3.55. The van der Waals surface area contributed by atoms with Crippen LogP contribution in [0.3, 0.4) is 0 Å². The first kappa shape index (κ1) is 14.8. The minimum absolute atomic E-state index is 0.423. The topological polar surface area (TPSA) is 32.3 Å². The molecule has 1 N–H and O–H groups in total. The molecule has 110 valence electrons. The highest BCUT2D eigenvalue weighted by Gasteiger charge is 2.24. The number of carbonyl (C=O) groups excluding carboxylic acids is 1. The summed E-state index contributed by atoms with van der Waals surface area (Å²) >= 11 is 0. The Balaban J connectivity index is 1.80. The molecule has 0 bridgehead atoms. The molecule has 0 atom stereocenters. The highest BCUT2D eigenvalue weighted by Crippen LogP contribution is 2.28. The van der Waals surface area contributed by atoms with Gasteiger partial charge in [-0.2, -0.15) is 0 Å². The maximum Gasteiger partial charge on any atom is 0.222 e. The first-order chi connectivity index (χ1) is 9.29. The van der Waals surface area contributed by atoms with Crippen molar-refractivity contribution in [3.8, 4) is 0 Å². The zero-order chi connectivity index (χ0) is 13.5. The number of amides is 1. The second-order valence-electron chi connectivity index (χ2n) is 6.39. The summed E-state index contributed by atoms with van der Waals surface area (Å²) in [7, 11) is 0. The average Bonchev–Trinajstić information content (AvgIpc) is 2.92. The summed E-state index contributed by atoms with van der Waals surface area (Å²) in [5.74, 6) is 1.83.